The Kier molecular flexibility index (Phi) is 8.83. The molecule has 1 fully saturated rings. The molecule has 0 saturated carbocycles. The summed E-state index contributed by atoms with van der Waals surface area (Å²) in [6, 6.07) is 26.8. The van der Waals surface area contributed by atoms with Crippen LogP contribution in [0.2, 0.25) is 0 Å². The smallest absolute Gasteiger partial charge is 0.490 e. The van der Waals surface area contributed by atoms with Crippen LogP contribution < -0.4 is 14.8 Å². The molecule has 218 valence electrons. The predicted octanol–water partition coefficient (Wildman–Crippen LogP) is 8.16. The lowest BCUT2D eigenvalue weighted by Gasteiger charge is -2.32. The summed E-state index contributed by atoms with van der Waals surface area (Å²) in [5.41, 5.74) is 5.64. The average Bonchev–Trinajstić information content (AvgIpc) is 2.95. The molecule has 5 rings (SSSR count). The van der Waals surface area contributed by atoms with Gasteiger partial charge in [-0.2, -0.15) is 0 Å². The number of anilines is 1. The topological polar surface area (TPSA) is 50.8 Å². The van der Waals surface area contributed by atoms with Crippen molar-refractivity contribution in [1.82, 2.24) is 4.90 Å². The van der Waals surface area contributed by atoms with Crippen LogP contribution in [0.4, 0.5) is 18.9 Å². The van der Waals surface area contributed by atoms with E-state index < -0.39 is 6.36 Å². The summed E-state index contributed by atoms with van der Waals surface area (Å²) in [5, 5.41) is 2.95. The molecular weight excluding hydrogens is 541 g/mol. The number of piperidine rings is 1. The Labute approximate surface area is 243 Å². The van der Waals surface area contributed by atoms with Gasteiger partial charge in [0.1, 0.15) is 17.6 Å². The summed E-state index contributed by atoms with van der Waals surface area (Å²) in [6.07, 6.45) is -2.84. The van der Waals surface area contributed by atoms with E-state index in [2.05, 4.69) is 46.1 Å². The second kappa shape index (κ2) is 12.7. The van der Waals surface area contributed by atoms with Crippen molar-refractivity contribution in [2.45, 2.75) is 45.7 Å². The molecule has 42 heavy (non-hydrogen) atoms. The van der Waals surface area contributed by atoms with Crippen LogP contribution in [0.25, 0.3) is 11.1 Å². The van der Waals surface area contributed by atoms with Crippen molar-refractivity contribution in [3.8, 4) is 22.6 Å². The Balaban J connectivity index is 1.21. The molecule has 0 aliphatic carbocycles. The maximum atomic E-state index is 13.4. The summed E-state index contributed by atoms with van der Waals surface area (Å²) in [6.45, 7) is 6.78. The molecular formula is C34H33F3N2O3. The monoisotopic (exact) mass is 574 g/mol. The third-order valence-electron chi connectivity index (χ3n) is 7.35. The average molecular weight is 575 g/mol. The van der Waals surface area contributed by atoms with Crippen molar-refractivity contribution < 1.29 is 27.4 Å². The molecule has 4 aromatic carbocycles. The minimum atomic E-state index is -4.77. The van der Waals surface area contributed by atoms with Gasteiger partial charge in [-0.15, -0.1) is 13.2 Å². The highest BCUT2D eigenvalue weighted by Crippen LogP contribution is 2.32. The number of aryl methyl sites for hydroxylation is 2. The van der Waals surface area contributed by atoms with Crippen LogP contribution >= 0.6 is 0 Å². The minimum Gasteiger partial charge on any atom is -0.490 e. The van der Waals surface area contributed by atoms with Crippen molar-refractivity contribution in [2.75, 3.05) is 18.4 Å². The number of likely N-dealkylation sites (tertiary alicyclic amines) is 1. The Hall–Kier alpha value is -4.30. The van der Waals surface area contributed by atoms with Crippen LogP contribution in [0.1, 0.15) is 39.9 Å². The van der Waals surface area contributed by atoms with Crippen LogP contribution in [-0.4, -0.2) is 36.4 Å². The number of rotatable bonds is 8. The van der Waals surface area contributed by atoms with E-state index in [-0.39, 0.29) is 17.8 Å². The molecule has 8 heteroatoms. The zero-order valence-corrected chi connectivity index (χ0v) is 23.6. The van der Waals surface area contributed by atoms with Gasteiger partial charge in [0.2, 0.25) is 0 Å². The lowest BCUT2D eigenvalue weighted by atomic mass is 9.94. The van der Waals surface area contributed by atoms with Gasteiger partial charge < -0.3 is 14.8 Å². The molecule has 1 aliphatic rings. The van der Waals surface area contributed by atoms with Gasteiger partial charge in [-0.3, -0.25) is 9.69 Å². The number of hydrogen-bond donors (Lipinski definition) is 1. The Morgan fingerprint density at radius 3 is 2.26 bits per heavy atom. The first-order valence-electron chi connectivity index (χ1n) is 13.9. The van der Waals surface area contributed by atoms with Gasteiger partial charge in [-0.25, -0.2) is 0 Å². The van der Waals surface area contributed by atoms with E-state index in [0.29, 0.717) is 28.1 Å². The first-order valence-corrected chi connectivity index (χ1v) is 13.9. The largest absolute Gasteiger partial charge is 0.573 e. The lowest BCUT2D eigenvalue weighted by Crippen LogP contribution is -2.37. The highest BCUT2D eigenvalue weighted by atomic mass is 19.4. The van der Waals surface area contributed by atoms with Crippen molar-refractivity contribution in [3.63, 3.8) is 0 Å². The third-order valence-corrected chi connectivity index (χ3v) is 7.35. The minimum absolute atomic E-state index is 0.0953. The highest BCUT2D eigenvalue weighted by Gasteiger charge is 2.31. The fourth-order valence-electron chi connectivity index (χ4n) is 5.24. The van der Waals surface area contributed by atoms with E-state index >= 15 is 0 Å². The van der Waals surface area contributed by atoms with E-state index in [9.17, 15) is 18.0 Å². The zero-order valence-electron chi connectivity index (χ0n) is 23.6. The van der Waals surface area contributed by atoms with E-state index in [1.807, 2.05) is 31.2 Å². The first kappa shape index (κ1) is 29.2. The van der Waals surface area contributed by atoms with E-state index in [1.54, 1.807) is 18.2 Å². The number of amides is 1. The number of halogens is 3. The van der Waals surface area contributed by atoms with Gasteiger partial charge in [0, 0.05) is 37.0 Å². The van der Waals surface area contributed by atoms with Gasteiger partial charge >= 0.3 is 6.36 Å². The molecule has 0 aromatic heterocycles. The molecule has 1 N–H and O–H groups in total. The van der Waals surface area contributed by atoms with Crippen LogP contribution in [0.3, 0.4) is 0 Å². The normalized spacial score (nSPS) is 14.4. The van der Waals surface area contributed by atoms with Crippen molar-refractivity contribution in [1.29, 1.82) is 0 Å². The molecule has 1 aliphatic heterocycles. The second-order valence-corrected chi connectivity index (χ2v) is 10.6. The van der Waals surface area contributed by atoms with Crippen molar-refractivity contribution in [3.05, 3.63) is 113 Å². The molecule has 0 spiro atoms. The third kappa shape index (κ3) is 7.70. The molecule has 1 amide bonds. The number of carbonyl (C=O) groups is 1. The molecule has 5 nitrogen and oxygen atoms in total. The van der Waals surface area contributed by atoms with Crippen LogP contribution in [0.15, 0.2) is 91.0 Å². The van der Waals surface area contributed by atoms with Crippen molar-refractivity contribution in [2.24, 2.45) is 0 Å². The van der Waals surface area contributed by atoms with E-state index in [1.165, 1.54) is 35.4 Å². The number of hydrogen-bond acceptors (Lipinski definition) is 4. The highest BCUT2D eigenvalue weighted by molar-refractivity contribution is 6.09. The van der Waals surface area contributed by atoms with Crippen molar-refractivity contribution >= 4 is 11.6 Å². The molecule has 4 aromatic rings. The lowest BCUT2D eigenvalue weighted by molar-refractivity contribution is -0.274. The predicted molar refractivity (Wildman–Crippen MR) is 158 cm³/mol. The summed E-state index contributed by atoms with van der Waals surface area (Å²) in [7, 11) is 0. The standard InChI is InChI=1S/C34H33F3N2O3/c1-23-9-11-25(12-10-23)22-39-19-17-28(18-20-39)41-30-7-4-6-27(21-30)38-33(40)31-8-3-5-24(2)32(31)26-13-15-29(16-14-26)42-34(35,36)37/h3-16,21,28H,17-20,22H2,1-2H3,(H,38,40). The fourth-order valence-corrected chi connectivity index (χ4v) is 5.24. The number of benzene rings is 4. The zero-order chi connectivity index (χ0) is 29.7. The quantitative estimate of drug-likeness (QED) is 0.231. The Bertz CT molecular complexity index is 1510. The molecule has 0 atom stereocenters. The number of nitrogens with one attached hydrogen (secondary N) is 1. The van der Waals surface area contributed by atoms with Crippen LogP contribution in [0.5, 0.6) is 11.5 Å². The summed E-state index contributed by atoms with van der Waals surface area (Å²) in [4.78, 5) is 15.8. The number of alkyl halides is 3. The van der Waals surface area contributed by atoms with Gasteiger partial charge in [-0.1, -0.05) is 60.2 Å². The molecule has 0 radical (unpaired) electrons. The molecule has 1 saturated heterocycles. The number of ether oxygens (including phenoxy) is 2. The summed E-state index contributed by atoms with van der Waals surface area (Å²) >= 11 is 0. The van der Waals surface area contributed by atoms with Gasteiger partial charge in [-0.05, 0) is 79.3 Å². The van der Waals surface area contributed by atoms with E-state index in [4.69, 9.17) is 4.74 Å². The van der Waals surface area contributed by atoms with Crippen LogP contribution in [0, 0.1) is 13.8 Å². The summed E-state index contributed by atoms with van der Waals surface area (Å²) < 4.78 is 48.0. The number of carbonyl (C=O) groups excluding carboxylic acids is 1. The second-order valence-electron chi connectivity index (χ2n) is 10.6. The Morgan fingerprint density at radius 2 is 1.57 bits per heavy atom. The first-order chi connectivity index (χ1) is 20.1. The Morgan fingerprint density at radius 1 is 0.881 bits per heavy atom. The molecule has 0 bridgehead atoms. The van der Waals surface area contributed by atoms with E-state index in [0.717, 1.165) is 38.0 Å². The van der Waals surface area contributed by atoms with Gasteiger partial charge in [0.05, 0.1) is 0 Å². The van der Waals surface area contributed by atoms with Gasteiger partial charge in [0.15, 0.2) is 0 Å². The maximum absolute atomic E-state index is 13.4. The van der Waals surface area contributed by atoms with Crippen LogP contribution in [-0.2, 0) is 6.54 Å². The maximum Gasteiger partial charge on any atom is 0.573 e. The molecule has 0 unspecified atom stereocenters. The fraction of sp³-hybridized carbons (Fsp3) is 0.265. The number of nitrogens with zero attached hydrogens (tertiary/aromatic N) is 1. The van der Waals surface area contributed by atoms with Gasteiger partial charge in [0.25, 0.3) is 5.91 Å². The molecule has 1 heterocycles. The summed E-state index contributed by atoms with van der Waals surface area (Å²) in [5.74, 6) is 0.0416. The SMILES string of the molecule is Cc1ccc(CN2CCC(Oc3cccc(NC(=O)c4cccc(C)c4-c4ccc(OC(F)(F)F)cc4)c3)CC2)cc1.